The molecule has 0 aromatic carbocycles. The van der Waals surface area contributed by atoms with E-state index in [-0.39, 0.29) is 33.9 Å². The van der Waals surface area contributed by atoms with Crippen LogP contribution in [-0.2, 0) is 19.3 Å². The maximum absolute atomic E-state index is 10.3. The van der Waals surface area contributed by atoms with E-state index in [0.29, 0.717) is 0 Å². The Kier molecular flexibility index (Phi) is 6.70. The predicted molar refractivity (Wildman–Crippen MR) is 43.9 cm³/mol. The molecule has 0 aliphatic heterocycles. The van der Waals surface area contributed by atoms with Crippen molar-refractivity contribution in [2.45, 2.75) is 13.8 Å². The molecule has 0 aliphatic carbocycles. The van der Waals surface area contributed by atoms with Crippen molar-refractivity contribution in [3.05, 3.63) is 0 Å². The zero-order valence-corrected chi connectivity index (χ0v) is 8.44. The Hall–Kier alpha value is -1.24. The highest BCUT2D eigenvalue weighted by molar-refractivity contribution is 6.05. The second-order valence-electron chi connectivity index (χ2n) is 2.23. The fourth-order valence-electron chi connectivity index (χ4n) is 0.321. The molecule has 13 heavy (non-hydrogen) atoms. The van der Waals surface area contributed by atoms with Gasteiger partial charge in [-0.1, -0.05) is 9.59 Å². The molecule has 0 unspecified atom stereocenters. The predicted octanol–water partition coefficient (Wildman–Crippen LogP) is 0.0990. The minimum atomic E-state index is -0.268. The van der Waals surface area contributed by atoms with Crippen molar-refractivity contribution in [2.75, 3.05) is 13.2 Å². The zero-order chi connectivity index (χ0) is 10.1. The van der Waals surface area contributed by atoms with Gasteiger partial charge in [0.15, 0.2) is 24.8 Å². The molecule has 0 aromatic rings. The average molecular weight is 202 g/mol. The first-order valence-corrected chi connectivity index (χ1v) is 4.40. The standard InChI is InChI=1S/C6H10N2O4Si/c1-5(9)3-11-7-13-8-12-4-6(2)10/h3-4H2,1-2H3. The Balaban J connectivity index is 3.48. The molecule has 0 saturated carbocycles. The molecule has 7 heteroatoms. The summed E-state index contributed by atoms with van der Waals surface area (Å²) in [5.74, 6) is -0.226. The van der Waals surface area contributed by atoms with Crippen molar-refractivity contribution in [1.29, 1.82) is 0 Å². The quantitative estimate of drug-likeness (QED) is 0.452. The van der Waals surface area contributed by atoms with Crippen LogP contribution in [0.25, 0.3) is 0 Å². The van der Waals surface area contributed by atoms with Gasteiger partial charge in [-0.15, -0.1) is 0 Å². The van der Waals surface area contributed by atoms with E-state index in [1.807, 2.05) is 0 Å². The summed E-state index contributed by atoms with van der Waals surface area (Å²) in [7, 11) is -0.268. The summed E-state index contributed by atoms with van der Waals surface area (Å²) in [5.41, 5.74) is 0. The molecule has 0 amide bonds. The van der Waals surface area contributed by atoms with Crippen LogP contribution in [0.4, 0.5) is 0 Å². The van der Waals surface area contributed by atoms with Crippen LogP contribution in [0, 0.1) is 0 Å². The number of rotatable bonds is 6. The number of Topliss-reactive ketones (excluding diaryl/α,β-unsaturated/α-hetero) is 2. The number of nitrogens with zero attached hydrogens (tertiary/aromatic N) is 2. The molecule has 0 spiro atoms. The summed E-state index contributed by atoms with van der Waals surface area (Å²) in [4.78, 5) is 36.6. The molecule has 0 aliphatic rings. The lowest BCUT2D eigenvalue weighted by molar-refractivity contribution is -0.121. The first-order chi connectivity index (χ1) is 6.13. The minimum absolute atomic E-state index is 0.0603. The summed E-state index contributed by atoms with van der Waals surface area (Å²) < 4.78 is 0. The van der Waals surface area contributed by atoms with E-state index in [9.17, 15) is 9.59 Å². The van der Waals surface area contributed by atoms with Gasteiger partial charge >= 0.3 is 9.10 Å². The molecule has 0 bridgehead atoms. The molecular formula is C6H10N2O4Si. The smallest absolute Gasteiger partial charge is 0.321 e. The molecule has 0 rings (SSSR count). The van der Waals surface area contributed by atoms with Gasteiger partial charge in [-0.25, -0.2) is 0 Å². The maximum Gasteiger partial charge on any atom is 0.321 e. The lowest BCUT2D eigenvalue weighted by atomic mass is 10.5. The summed E-state index contributed by atoms with van der Waals surface area (Å²) in [6.07, 6.45) is 0. The van der Waals surface area contributed by atoms with Crippen LogP contribution in [-0.4, -0.2) is 33.9 Å². The fourth-order valence-corrected chi connectivity index (χ4v) is 0.599. The van der Waals surface area contributed by atoms with Crippen LogP contribution in [0.2, 0.25) is 0 Å². The highest BCUT2D eigenvalue weighted by Crippen LogP contribution is 1.76. The Morgan fingerprint density at radius 3 is 1.77 bits per heavy atom. The molecule has 0 atom stereocenters. The van der Waals surface area contributed by atoms with Gasteiger partial charge in [-0.05, 0) is 13.8 Å². The first-order valence-electron chi connectivity index (χ1n) is 3.51. The van der Waals surface area contributed by atoms with E-state index in [1.54, 1.807) is 0 Å². The second kappa shape index (κ2) is 7.41. The van der Waals surface area contributed by atoms with Gasteiger partial charge in [-0.2, -0.15) is 0 Å². The lowest BCUT2D eigenvalue weighted by Gasteiger charge is -1.90. The van der Waals surface area contributed by atoms with E-state index < -0.39 is 0 Å². The number of hydrogen-bond donors (Lipinski definition) is 0. The summed E-state index contributed by atoms with van der Waals surface area (Å²) >= 11 is 0. The van der Waals surface area contributed by atoms with E-state index >= 15 is 0 Å². The summed E-state index contributed by atoms with van der Waals surface area (Å²) in [6.45, 7) is 2.66. The molecule has 0 fully saturated rings. The van der Waals surface area contributed by atoms with Gasteiger partial charge in [0, 0.05) is 0 Å². The minimum Gasteiger partial charge on any atom is -0.388 e. The molecule has 0 aromatic heterocycles. The van der Waals surface area contributed by atoms with E-state index in [1.165, 1.54) is 13.8 Å². The van der Waals surface area contributed by atoms with Crippen LogP contribution in [0.1, 0.15) is 13.8 Å². The van der Waals surface area contributed by atoms with Gasteiger partial charge in [0.05, 0.1) is 0 Å². The van der Waals surface area contributed by atoms with Crippen LogP contribution < -0.4 is 0 Å². The highest BCUT2D eigenvalue weighted by Gasteiger charge is 1.89. The summed E-state index contributed by atoms with van der Waals surface area (Å²) in [5, 5.41) is 0. The van der Waals surface area contributed by atoms with E-state index in [2.05, 4.69) is 19.3 Å². The molecule has 0 heterocycles. The van der Waals surface area contributed by atoms with Gasteiger partial charge in [0.25, 0.3) is 0 Å². The monoisotopic (exact) mass is 202 g/mol. The molecule has 72 valence electrons. The fraction of sp³-hybridized carbons (Fsp3) is 0.667. The van der Waals surface area contributed by atoms with Crippen LogP contribution in [0.5, 0.6) is 0 Å². The van der Waals surface area contributed by atoms with Crippen LogP contribution in [0.15, 0.2) is 9.59 Å². The van der Waals surface area contributed by atoms with Gasteiger partial charge < -0.3 is 9.68 Å². The normalized spacial score (nSPS) is 8.15. The van der Waals surface area contributed by atoms with Gasteiger partial charge in [0.1, 0.15) is 0 Å². The molecule has 0 N–H and O–H groups in total. The third kappa shape index (κ3) is 10.8. The first kappa shape index (κ1) is 11.8. The largest absolute Gasteiger partial charge is 0.388 e. The zero-order valence-electron chi connectivity index (χ0n) is 7.44. The van der Waals surface area contributed by atoms with Gasteiger partial charge in [0.2, 0.25) is 0 Å². The maximum atomic E-state index is 10.3. The summed E-state index contributed by atoms with van der Waals surface area (Å²) in [6, 6.07) is 0. The number of ketones is 2. The third-order valence-electron chi connectivity index (χ3n) is 0.746. The van der Waals surface area contributed by atoms with Crippen molar-refractivity contribution in [2.24, 2.45) is 9.59 Å². The highest BCUT2D eigenvalue weighted by atomic mass is 28.2. The van der Waals surface area contributed by atoms with Crippen LogP contribution >= 0.6 is 0 Å². The third-order valence-corrected chi connectivity index (χ3v) is 1.17. The van der Waals surface area contributed by atoms with E-state index in [4.69, 9.17) is 0 Å². The van der Waals surface area contributed by atoms with E-state index in [0.717, 1.165) is 0 Å². The Morgan fingerprint density at radius 1 is 1.08 bits per heavy atom. The molecule has 0 radical (unpaired) electrons. The average Bonchev–Trinajstić information content (AvgIpc) is 2.01. The Morgan fingerprint density at radius 2 is 1.46 bits per heavy atom. The Bertz CT molecular complexity index is 225. The van der Waals surface area contributed by atoms with Crippen LogP contribution in [0.3, 0.4) is 0 Å². The van der Waals surface area contributed by atoms with Crippen molar-refractivity contribution < 1.29 is 19.3 Å². The topological polar surface area (TPSA) is 77.3 Å². The SMILES string of the molecule is CC(=O)CON=[Si]=NOCC(C)=O. The second-order valence-corrected chi connectivity index (χ2v) is 2.80. The number of carbonyl (C=O) groups excluding carboxylic acids is 2. The van der Waals surface area contributed by atoms with Crippen molar-refractivity contribution >= 4 is 20.7 Å². The number of carbonyl (C=O) groups is 2. The van der Waals surface area contributed by atoms with Crippen molar-refractivity contribution in [3.8, 4) is 0 Å². The number of hydrogen-bond acceptors (Lipinski definition) is 6. The van der Waals surface area contributed by atoms with Crippen molar-refractivity contribution in [1.82, 2.24) is 0 Å². The van der Waals surface area contributed by atoms with Gasteiger partial charge in [-0.3, -0.25) is 9.59 Å². The molecule has 0 saturated heterocycles. The molecular weight excluding hydrogens is 192 g/mol. The Labute approximate surface area is 77.4 Å². The van der Waals surface area contributed by atoms with Crippen molar-refractivity contribution in [3.63, 3.8) is 0 Å². The lowest BCUT2D eigenvalue weighted by Crippen LogP contribution is -2.00. The molecule has 6 nitrogen and oxygen atoms in total.